The third-order valence-electron chi connectivity index (χ3n) is 2.92. The molecule has 0 saturated heterocycles. The molecular weight excluding hydrogens is 246 g/mol. The van der Waals surface area contributed by atoms with Crippen LogP contribution in [0.3, 0.4) is 0 Å². The Morgan fingerprint density at radius 1 is 0.950 bits per heavy atom. The Labute approximate surface area is 120 Å². The lowest BCUT2D eigenvalue weighted by molar-refractivity contribution is -0.671. The van der Waals surface area contributed by atoms with Crippen molar-refractivity contribution in [2.45, 2.75) is 0 Å². The molecule has 2 aromatic rings. The second-order valence-corrected chi connectivity index (χ2v) is 4.86. The highest BCUT2D eigenvalue weighted by Gasteiger charge is 1.94. The summed E-state index contributed by atoms with van der Waals surface area (Å²) in [6, 6.07) is 8.24. The fourth-order valence-electron chi connectivity index (χ4n) is 1.72. The van der Waals surface area contributed by atoms with Crippen LogP contribution in [0.5, 0.6) is 0 Å². The molecule has 3 heteroatoms. The highest BCUT2D eigenvalue weighted by atomic mass is 15.1. The Morgan fingerprint density at radius 3 is 2.15 bits per heavy atom. The third kappa shape index (κ3) is 4.05. The summed E-state index contributed by atoms with van der Waals surface area (Å²) in [6.07, 6.45) is 14.1. The van der Waals surface area contributed by atoms with E-state index < -0.39 is 0 Å². The molecule has 2 heterocycles. The van der Waals surface area contributed by atoms with Gasteiger partial charge in [0.2, 0.25) is 0 Å². The molecule has 2 rings (SSSR count). The first kappa shape index (κ1) is 14.0. The van der Waals surface area contributed by atoms with E-state index in [0.29, 0.717) is 0 Å². The summed E-state index contributed by atoms with van der Waals surface area (Å²) in [5.74, 6) is 0.967. The van der Waals surface area contributed by atoms with E-state index in [-0.39, 0.29) is 0 Å². The van der Waals surface area contributed by atoms with E-state index in [2.05, 4.69) is 29.3 Å². The van der Waals surface area contributed by atoms with Crippen molar-refractivity contribution < 1.29 is 4.57 Å². The Balaban J connectivity index is 1.97. The van der Waals surface area contributed by atoms with Gasteiger partial charge in [-0.2, -0.15) is 0 Å². The Bertz CT molecular complexity index is 593. The molecule has 0 unspecified atom stereocenters. The van der Waals surface area contributed by atoms with Gasteiger partial charge < -0.3 is 4.90 Å². The molecule has 0 aliphatic rings. The van der Waals surface area contributed by atoms with Crippen molar-refractivity contribution in [3.63, 3.8) is 0 Å². The van der Waals surface area contributed by atoms with E-state index in [9.17, 15) is 0 Å². The molecule has 102 valence electrons. The monoisotopic (exact) mass is 266 g/mol. The summed E-state index contributed by atoms with van der Waals surface area (Å²) in [4.78, 5) is 6.36. The zero-order chi connectivity index (χ0) is 14.4. The summed E-state index contributed by atoms with van der Waals surface area (Å²) < 4.78 is 2.02. The van der Waals surface area contributed by atoms with Gasteiger partial charge in [-0.3, -0.25) is 0 Å². The topological polar surface area (TPSA) is 20.0 Å². The lowest BCUT2D eigenvalue weighted by Gasteiger charge is -2.10. The number of aromatic nitrogens is 2. The first-order chi connectivity index (χ1) is 9.65. The van der Waals surface area contributed by atoms with E-state index in [1.807, 2.05) is 73.5 Å². The Kier molecular flexibility index (Phi) is 4.66. The van der Waals surface area contributed by atoms with Crippen molar-refractivity contribution in [2.24, 2.45) is 7.05 Å². The largest absolute Gasteiger partial charge is 0.363 e. The van der Waals surface area contributed by atoms with Gasteiger partial charge in [0.25, 0.3) is 0 Å². The minimum absolute atomic E-state index is 0.967. The van der Waals surface area contributed by atoms with Crippen molar-refractivity contribution in [1.82, 2.24) is 4.98 Å². The highest BCUT2D eigenvalue weighted by Crippen LogP contribution is 2.09. The number of nitrogens with zero attached hydrogens (tertiary/aromatic N) is 3. The van der Waals surface area contributed by atoms with Crippen LogP contribution >= 0.6 is 0 Å². The summed E-state index contributed by atoms with van der Waals surface area (Å²) in [7, 11) is 5.98. The normalized spacial score (nSPS) is 11.3. The van der Waals surface area contributed by atoms with E-state index in [4.69, 9.17) is 0 Å². The van der Waals surface area contributed by atoms with Crippen LogP contribution in [0.4, 0.5) is 5.82 Å². The molecule has 0 spiro atoms. The van der Waals surface area contributed by atoms with Crippen molar-refractivity contribution in [2.75, 3.05) is 19.0 Å². The van der Waals surface area contributed by atoms with Crippen LogP contribution in [-0.2, 0) is 7.05 Å². The first-order valence-corrected chi connectivity index (χ1v) is 6.58. The zero-order valence-electron chi connectivity index (χ0n) is 12.2. The van der Waals surface area contributed by atoms with Crippen LogP contribution in [0.15, 0.2) is 55.0 Å². The van der Waals surface area contributed by atoms with Crippen LogP contribution in [0.1, 0.15) is 11.1 Å². The van der Waals surface area contributed by atoms with Gasteiger partial charge in [-0.25, -0.2) is 9.55 Å². The number of aryl methyl sites for hydroxylation is 1. The molecule has 0 aliphatic carbocycles. The van der Waals surface area contributed by atoms with Crippen LogP contribution in [0.2, 0.25) is 0 Å². The predicted molar refractivity (Wildman–Crippen MR) is 84.3 cm³/mol. The van der Waals surface area contributed by atoms with E-state index in [1.54, 1.807) is 0 Å². The number of allylic oxidation sites excluding steroid dienone is 2. The van der Waals surface area contributed by atoms with Crippen LogP contribution in [0, 0.1) is 0 Å². The highest BCUT2D eigenvalue weighted by molar-refractivity contribution is 5.57. The first-order valence-electron chi connectivity index (χ1n) is 6.58. The summed E-state index contributed by atoms with van der Waals surface area (Å²) in [6.45, 7) is 0. The molecule has 20 heavy (non-hydrogen) atoms. The average Bonchev–Trinajstić information content (AvgIpc) is 2.46. The van der Waals surface area contributed by atoms with Crippen molar-refractivity contribution >= 4 is 18.0 Å². The molecule has 2 aromatic heterocycles. The number of anilines is 1. The minimum atomic E-state index is 0.967. The minimum Gasteiger partial charge on any atom is -0.363 e. The number of hydrogen-bond acceptors (Lipinski definition) is 2. The van der Waals surface area contributed by atoms with Gasteiger partial charge in [-0.15, -0.1) is 0 Å². The van der Waals surface area contributed by atoms with Gasteiger partial charge in [0.1, 0.15) is 12.9 Å². The van der Waals surface area contributed by atoms with Gasteiger partial charge >= 0.3 is 0 Å². The number of hydrogen-bond donors (Lipinski definition) is 0. The molecule has 0 aliphatic heterocycles. The molecule has 3 nitrogen and oxygen atoms in total. The standard InChI is InChI=1S/C17H20N3/c1-19(2)17-9-8-16(14-18-17)7-5-4-6-15-10-12-20(3)13-11-15/h4-14H,1-3H3/q+1. The summed E-state index contributed by atoms with van der Waals surface area (Å²) in [5.41, 5.74) is 2.29. The SMILES string of the molecule is CN(C)c1ccc(/C=C/C=C/c2cc[n+](C)cc2)cn1. The smallest absolute Gasteiger partial charge is 0.169 e. The van der Waals surface area contributed by atoms with E-state index in [0.717, 1.165) is 11.4 Å². The lowest BCUT2D eigenvalue weighted by atomic mass is 10.2. The third-order valence-corrected chi connectivity index (χ3v) is 2.92. The van der Waals surface area contributed by atoms with Crippen LogP contribution < -0.4 is 9.47 Å². The van der Waals surface area contributed by atoms with Crippen molar-refractivity contribution in [1.29, 1.82) is 0 Å². The number of rotatable bonds is 4. The second kappa shape index (κ2) is 6.66. The molecule has 0 N–H and O–H groups in total. The predicted octanol–water partition coefficient (Wildman–Crippen LogP) is 2.70. The van der Waals surface area contributed by atoms with Gasteiger partial charge in [0, 0.05) is 32.4 Å². The summed E-state index contributed by atoms with van der Waals surface area (Å²) in [5, 5.41) is 0. The molecule has 0 fully saturated rings. The number of pyridine rings is 2. The molecular formula is C17H20N3+. The zero-order valence-corrected chi connectivity index (χ0v) is 12.2. The van der Waals surface area contributed by atoms with Gasteiger partial charge in [0.05, 0.1) is 0 Å². The lowest BCUT2D eigenvalue weighted by Crippen LogP contribution is -2.25. The Hall–Kier alpha value is -2.42. The fraction of sp³-hybridized carbons (Fsp3) is 0.176. The molecule has 0 radical (unpaired) electrons. The quantitative estimate of drug-likeness (QED) is 0.626. The van der Waals surface area contributed by atoms with Crippen molar-refractivity contribution in [3.05, 3.63) is 66.1 Å². The maximum atomic E-state index is 4.37. The van der Waals surface area contributed by atoms with Crippen molar-refractivity contribution in [3.8, 4) is 0 Å². The van der Waals surface area contributed by atoms with Gasteiger partial charge in [-0.1, -0.05) is 24.3 Å². The summed E-state index contributed by atoms with van der Waals surface area (Å²) >= 11 is 0. The molecule has 0 bridgehead atoms. The van der Waals surface area contributed by atoms with Crippen LogP contribution in [0.25, 0.3) is 12.2 Å². The second-order valence-electron chi connectivity index (χ2n) is 4.86. The van der Waals surface area contributed by atoms with Gasteiger partial charge in [-0.05, 0) is 23.3 Å². The fourth-order valence-corrected chi connectivity index (χ4v) is 1.72. The maximum absolute atomic E-state index is 4.37. The molecule has 0 amide bonds. The Morgan fingerprint density at radius 2 is 1.60 bits per heavy atom. The van der Waals surface area contributed by atoms with E-state index in [1.165, 1.54) is 5.56 Å². The van der Waals surface area contributed by atoms with E-state index >= 15 is 0 Å². The van der Waals surface area contributed by atoms with Crippen LogP contribution in [-0.4, -0.2) is 19.1 Å². The molecule has 0 aromatic carbocycles. The average molecular weight is 266 g/mol. The van der Waals surface area contributed by atoms with Gasteiger partial charge in [0.15, 0.2) is 12.4 Å². The molecule has 0 saturated carbocycles. The molecule has 0 atom stereocenters. The maximum Gasteiger partial charge on any atom is 0.169 e.